The van der Waals surface area contributed by atoms with Gasteiger partial charge in [-0.2, -0.15) is 0 Å². The smallest absolute Gasteiger partial charge is 0.123 e. The number of aromatic nitrogens is 2. The number of β-amino-alcohol motifs (C(OH)–C–C–N with tert-alkyl or cyclic N) is 1. The minimum absolute atomic E-state index is 0.259. The summed E-state index contributed by atoms with van der Waals surface area (Å²) >= 11 is 0. The lowest BCUT2D eigenvalue weighted by atomic mass is 10.1. The topological polar surface area (TPSA) is 44.5 Å². The van der Waals surface area contributed by atoms with Gasteiger partial charge in [0.05, 0.1) is 12.6 Å². The molecule has 1 N–H and O–H groups in total. The van der Waals surface area contributed by atoms with Crippen LogP contribution in [0, 0.1) is 0 Å². The summed E-state index contributed by atoms with van der Waals surface area (Å²) in [7, 11) is 0. The molecule has 1 aliphatic rings. The molecule has 0 saturated carbocycles. The molecule has 2 aromatic rings. The maximum absolute atomic E-state index is 9.70. The number of aliphatic hydroxyl groups is 1. The van der Waals surface area contributed by atoms with E-state index >= 15 is 0 Å². The van der Waals surface area contributed by atoms with E-state index in [0.29, 0.717) is 6.04 Å². The van der Waals surface area contributed by atoms with E-state index in [-0.39, 0.29) is 6.10 Å². The van der Waals surface area contributed by atoms with Gasteiger partial charge in [0, 0.05) is 51.2 Å². The Morgan fingerprint density at radius 3 is 2.72 bits per heavy atom. The molecule has 0 unspecified atom stereocenters. The van der Waals surface area contributed by atoms with Crippen LogP contribution in [0.4, 0.5) is 0 Å². The van der Waals surface area contributed by atoms with Gasteiger partial charge in [-0.25, -0.2) is 4.98 Å². The molecule has 5 heteroatoms. The Hall–Kier alpha value is -1.69. The molecule has 1 fully saturated rings. The third-order valence-corrected chi connectivity index (χ3v) is 5.02. The van der Waals surface area contributed by atoms with Crippen LogP contribution < -0.4 is 0 Å². The van der Waals surface area contributed by atoms with Crippen LogP contribution in [0.5, 0.6) is 0 Å². The largest absolute Gasteiger partial charge is 0.392 e. The Morgan fingerprint density at radius 2 is 2.00 bits per heavy atom. The first-order chi connectivity index (χ1) is 12.2. The van der Waals surface area contributed by atoms with Crippen LogP contribution >= 0.6 is 0 Å². The number of benzene rings is 1. The van der Waals surface area contributed by atoms with Crippen molar-refractivity contribution in [2.24, 2.45) is 0 Å². The maximum Gasteiger partial charge on any atom is 0.123 e. The molecule has 3 rings (SSSR count). The van der Waals surface area contributed by atoms with Crippen molar-refractivity contribution >= 4 is 0 Å². The molecular formula is C20H30N4O. The van der Waals surface area contributed by atoms with Crippen molar-refractivity contribution in [2.75, 3.05) is 26.2 Å². The van der Waals surface area contributed by atoms with E-state index in [4.69, 9.17) is 0 Å². The Labute approximate surface area is 150 Å². The summed E-state index contributed by atoms with van der Waals surface area (Å²) in [4.78, 5) is 9.52. The Balaban J connectivity index is 1.61. The molecule has 1 aromatic heterocycles. The molecule has 0 radical (unpaired) electrons. The highest BCUT2D eigenvalue weighted by Crippen LogP contribution is 2.16. The molecule has 1 saturated heterocycles. The molecule has 2 heterocycles. The minimum Gasteiger partial charge on any atom is -0.392 e. The van der Waals surface area contributed by atoms with Gasteiger partial charge >= 0.3 is 0 Å². The summed E-state index contributed by atoms with van der Waals surface area (Å²) in [6, 6.07) is 11.0. The standard InChI is InChI=1S/C20H30N4O/c1-3-19-15-22(11-12-23(19)13-17(2)25)16-20-21-9-10-24(20)14-18-7-5-4-6-8-18/h4-10,17,19,25H,3,11-16H2,1-2H3/t17-,19+/m0/s1. The molecule has 0 amide bonds. The number of rotatable bonds is 7. The van der Waals surface area contributed by atoms with Crippen molar-refractivity contribution in [1.29, 1.82) is 0 Å². The Bertz CT molecular complexity index is 640. The quantitative estimate of drug-likeness (QED) is 0.838. The van der Waals surface area contributed by atoms with Gasteiger partial charge in [0.1, 0.15) is 5.82 Å². The lowest BCUT2D eigenvalue weighted by Crippen LogP contribution is -2.54. The average Bonchev–Trinajstić information content (AvgIpc) is 3.03. The fourth-order valence-electron chi connectivity index (χ4n) is 3.68. The SMILES string of the molecule is CC[C@@H]1CN(Cc2nccn2Cc2ccccc2)CCN1C[C@H](C)O. The molecular weight excluding hydrogens is 312 g/mol. The highest BCUT2D eigenvalue weighted by molar-refractivity contribution is 5.15. The van der Waals surface area contributed by atoms with Gasteiger partial charge in [0.15, 0.2) is 0 Å². The minimum atomic E-state index is -0.259. The molecule has 0 aliphatic carbocycles. The van der Waals surface area contributed by atoms with E-state index < -0.39 is 0 Å². The predicted molar refractivity (Wildman–Crippen MR) is 100 cm³/mol. The number of nitrogens with zero attached hydrogens (tertiary/aromatic N) is 4. The summed E-state index contributed by atoms with van der Waals surface area (Å²) in [6.07, 6.45) is 4.83. The fraction of sp³-hybridized carbons (Fsp3) is 0.550. The van der Waals surface area contributed by atoms with Gasteiger partial charge < -0.3 is 9.67 Å². The number of piperazine rings is 1. The first kappa shape index (κ1) is 18.1. The van der Waals surface area contributed by atoms with Crippen molar-refractivity contribution in [2.45, 2.75) is 45.5 Å². The first-order valence-corrected chi connectivity index (χ1v) is 9.34. The van der Waals surface area contributed by atoms with E-state index in [2.05, 4.69) is 62.8 Å². The average molecular weight is 342 g/mol. The van der Waals surface area contributed by atoms with E-state index in [1.54, 1.807) is 0 Å². The van der Waals surface area contributed by atoms with Gasteiger partial charge in [-0.05, 0) is 18.9 Å². The molecule has 1 aromatic carbocycles. The zero-order valence-electron chi connectivity index (χ0n) is 15.4. The second kappa shape index (κ2) is 8.61. The van der Waals surface area contributed by atoms with E-state index in [1.807, 2.05) is 13.1 Å². The summed E-state index contributed by atoms with van der Waals surface area (Å²) < 4.78 is 2.25. The van der Waals surface area contributed by atoms with Crippen molar-refractivity contribution < 1.29 is 5.11 Å². The predicted octanol–water partition coefficient (Wildman–Crippen LogP) is 2.21. The van der Waals surface area contributed by atoms with E-state index in [9.17, 15) is 5.11 Å². The zero-order valence-corrected chi connectivity index (χ0v) is 15.4. The van der Waals surface area contributed by atoms with Crippen LogP contribution in [-0.4, -0.2) is 62.8 Å². The first-order valence-electron chi connectivity index (χ1n) is 9.34. The van der Waals surface area contributed by atoms with Crippen LogP contribution in [-0.2, 0) is 13.1 Å². The summed E-state index contributed by atoms with van der Waals surface area (Å²) in [6.45, 7) is 9.73. The number of hydrogen-bond acceptors (Lipinski definition) is 4. The summed E-state index contributed by atoms with van der Waals surface area (Å²) in [5, 5.41) is 9.70. The number of hydrogen-bond donors (Lipinski definition) is 1. The molecule has 0 spiro atoms. The van der Waals surface area contributed by atoms with E-state index in [1.165, 1.54) is 5.56 Å². The van der Waals surface area contributed by atoms with Crippen molar-refractivity contribution in [3.8, 4) is 0 Å². The fourth-order valence-corrected chi connectivity index (χ4v) is 3.68. The molecule has 1 aliphatic heterocycles. The molecule has 136 valence electrons. The summed E-state index contributed by atoms with van der Waals surface area (Å²) in [5.74, 6) is 1.13. The zero-order chi connectivity index (χ0) is 17.6. The summed E-state index contributed by atoms with van der Waals surface area (Å²) in [5.41, 5.74) is 1.30. The third-order valence-electron chi connectivity index (χ3n) is 5.02. The molecule has 5 nitrogen and oxygen atoms in total. The van der Waals surface area contributed by atoms with Gasteiger partial charge in [0.25, 0.3) is 0 Å². The van der Waals surface area contributed by atoms with Crippen LogP contribution in [0.2, 0.25) is 0 Å². The van der Waals surface area contributed by atoms with Gasteiger partial charge in [0.2, 0.25) is 0 Å². The van der Waals surface area contributed by atoms with Gasteiger partial charge in [-0.1, -0.05) is 37.3 Å². The van der Waals surface area contributed by atoms with Crippen LogP contribution in [0.25, 0.3) is 0 Å². The Kier molecular flexibility index (Phi) is 6.24. The second-order valence-electron chi connectivity index (χ2n) is 7.10. The van der Waals surface area contributed by atoms with Crippen molar-refractivity contribution in [1.82, 2.24) is 19.4 Å². The third kappa shape index (κ3) is 4.91. The van der Waals surface area contributed by atoms with Gasteiger partial charge in [-0.3, -0.25) is 9.80 Å². The monoisotopic (exact) mass is 342 g/mol. The lowest BCUT2D eigenvalue weighted by molar-refractivity contribution is 0.0325. The molecule has 25 heavy (non-hydrogen) atoms. The van der Waals surface area contributed by atoms with Crippen LogP contribution in [0.1, 0.15) is 31.7 Å². The molecule has 2 atom stereocenters. The van der Waals surface area contributed by atoms with Gasteiger partial charge in [-0.15, -0.1) is 0 Å². The van der Waals surface area contributed by atoms with Crippen LogP contribution in [0.3, 0.4) is 0 Å². The van der Waals surface area contributed by atoms with Crippen molar-refractivity contribution in [3.63, 3.8) is 0 Å². The van der Waals surface area contributed by atoms with Crippen LogP contribution in [0.15, 0.2) is 42.7 Å². The Morgan fingerprint density at radius 1 is 1.20 bits per heavy atom. The second-order valence-corrected chi connectivity index (χ2v) is 7.10. The lowest BCUT2D eigenvalue weighted by Gasteiger charge is -2.41. The normalized spacial score (nSPS) is 20.7. The molecule has 0 bridgehead atoms. The highest BCUT2D eigenvalue weighted by Gasteiger charge is 2.27. The maximum atomic E-state index is 9.70. The van der Waals surface area contributed by atoms with E-state index in [0.717, 1.165) is 51.5 Å². The van der Waals surface area contributed by atoms with Crippen molar-refractivity contribution in [3.05, 3.63) is 54.1 Å². The number of imidazole rings is 1. The highest BCUT2D eigenvalue weighted by atomic mass is 16.3. The number of aliphatic hydroxyl groups excluding tert-OH is 1.